The van der Waals surface area contributed by atoms with E-state index in [2.05, 4.69) is 16.0 Å². The van der Waals surface area contributed by atoms with Gasteiger partial charge in [0.05, 0.1) is 17.3 Å². The van der Waals surface area contributed by atoms with E-state index in [9.17, 15) is 9.18 Å². The minimum Gasteiger partial charge on any atom is -0.351 e. The van der Waals surface area contributed by atoms with Crippen LogP contribution in [0.1, 0.15) is 22.7 Å². The first-order valence-electron chi connectivity index (χ1n) is 9.52. The van der Waals surface area contributed by atoms with E-state index in [0.29, 0.717) is 22.1 Å². The van der Waals surface area contributed by atoms with Crippen LogP contribution < -0.4 is 16.0 Å². The molecule has 4 nitrogen and oxygen atoms in total. The molecule has 3 aromatic carbocycles. The molecule has 0 fully saturated rings. The Kier molecular flexibility index (Phi) is 5.59. The molecule has 1 amide bonds. The van der Waals surface area contributed by atoms with Crippen molar-refractivity contribution in [2.45, 2.75) is 13.0 Å². The summed E-state index contributed by atoms with van der Waals surface area (Å²) in [5, 5.41) is 9.66. The Labute approximate surface area is 179 Å². The van der Waals surface area contributed by atoms with Crippen molar-refractivity contribution in [3.8, 4) is 0 Å². The Hall–Kier alpha value is -3.51. The summed E-state index contributed by atoms with van der Waals surface area (Å²) in [4.78, 5) is 13.4. The summed E-state index contributed by atoms with van der Waals surface area (Å²) in [6, 6.07) is 22.7. The Morgan fingerprint density at radius 3 is 2.30 bits per heavy atom. The van der Waals surface area contributed by atoms with Crippen LogP contribution in [0.25, 0.3) is 5.70 Å². The predicted octanol–water partition coefficient (Wildman–Crippen LogP) is 4.70. The molecule has 0 radical (unpaired) electrons. The monoisotopic (exact) mass is 417 g/mol. The second-order valence-corrected chi connectivity index (χ2v) is 7.47. The molecular formula is C24H20FN3OS. The van der Waals surface area contributed by atoms with Crippen molar-refractivity contribution in [2.75, 3.05) is 5.32 Å². The second-order valence-electron chi connectivity index (χ2n) is 7.06. The number of benzene rings is 3. The highest BCUT2D eigenvalue weighted by atomic mass is 32.1. The Morgan fingerprint density at radius 1 is 0.967 bits per heavy atom. The molecule has 0 saturated heterocycles. The molecule has 1 unspecified atom stereocenters. The number of carbonyl (C=O) groups is 1. The average Bonchev–Trinajstić information content (AvgIpc) is 2.76. The van der Waals surface area contributed by atoms with Crippen LogP contribution in [0.5, 0.6) is 0 Å². The van der Waals surface area contributed by atoms with E-state index < -0.39 is 6.04 Å². The van der Waals surface area contributed by atoms with Crippen molar-refractivity contribution in [2.24, 2.45) is 0 Å². The smallest absolute Gasteiger partial charge is 0.256 e. The van der Waals surface area contributed by atoms with Crippen molar-refractivity contribution in [3.63, 3.8) is 0 Å². The molecule has 0 saturated carbocycles. The van der Waals surface area contributed by atoms with Gasteiger partial charge >= 0.3 is 0 Å². The lowest BCUT2D eigenvalue weighted by Crippen LogP contribution is -2.45. The van der Waals surface area contributed by atoms with Crippen molar-refractivity contribution in [1.82, 2.24) is 10.6 Å². The maximum Gasteiger partial charge on any atom is 0.256 e. The quantitative estimate of drug-likeness (QED) is 0.539. The number of anilines is 1. The van der Waals surface area contributed by atoms with Gasteiger partial charge in [0.25, 0.3) is 5.91 Å². The molecule has 0 spiro atoms. The van der Waals surface area contributed by atoms with Gasteiger partial charge in [-0.3, -0.25) is 4.79 Å². The lowest BCUT2D eigenvalue weighted by Gasteiger charge is -2.31. The van der Waals surface area contributed by atoms with Gasteiger partial charge in [-0.15, -0.1) is 0 Å². The third kappa shape index (κ3) is 4.23. The fourth-order valence-electron chi connectivity index (χ4n) is 3.38. The number of nitrogens with one attached hydrogen (secondary N) is 3. The highest BCUT2D eigenvalue weighted by Gasteiger charge is 2.32. The number of carbonyl (C=O) groups excluding carboxylic acids is 1. The minimum atomic E-state index is -0.528. The molecule has 150 valence electrons. The number of halogens is 1. The first-order valence-corrected chi connectivity index (χ1v) is 9.92. The van der Waals surface area contributed by atoms with Gasteiger partial charge in [0, 0.05) is 5.69 Å². The summed E-state index contributed by atoms with van der Waals surface area (Å²) in [6.45, 7) is 1.99. The summed E-state index contributed by atoms with van der Waals surface area (Å²) >= 11 is 5.41. The number of aryl methyl sites for hydroxylation is 1. The summed E-state index contributed by atoms with van der Waals surface area (Å²) in [7, 11) is 0. The van der Waals surface area contributed by atoms with Crippen LogP contribution in [0.15, 0.2) is 84.4 Å². The van der Waals surface area contributed by atoms with Crippen LogP contribution in [-0.2, 0) is 4.79 Å². The SMILES string of the molecule is Cc1ccc(NC(=O)C2=C(c3ccccc3)NC(=S)NC2c2ccc(F)cc2)cc1. The summed E-state index contributed by atoms with van der Waals surface area (Å²) < 4.78 is 13.5. The molecular weight excluding hydrogens is 397 g/mol. The fraction of sp³-hybridized carbons (Fsp3) is 0.0833. The first-order chi connectivity index (χ1) is 14.5. The number of rotatable bonds is 4. The lowest BCUT2D eigenvalue weighted by molar-refractivity contribution is -0.113. The highest BCUT2D eigenvalue weighted by Crippen LogP contribution is 2.32. The molecule has 1 aliphatic rings. The van der Waals surface area contributed by atoms with E-state index in [1.165, 1.54) is 12.1 Å². The maximum atomic E-state index is 13.5. The normalized spacial score (nSPS) is 15.9. The number of amides is 1. The van der Waals surface area contributed by atoms with Crippen LogP contribution in [0.4, 0.5) is 10.1 Å². The lowest BCUT2D eigenvalue weighted by atomic mass is 9.92. The minimum absolute atomic E-state index is 0.269. The third-order valence-electron chi connectivity index (χ3n) is 4.89. The first kappa shape index (κ1) is 19.8. The molecule has 3 aromatic rings. The van der Waals surface area contributed by atoms with Gasteiger partial charge in [0.2, 0.25) is 0 Å². The van der Waals surface area contributed by atoms with Gasteiger partial charge in [-0.2, -0.15) is 0 Å². The van der Waals surface area contributed by atoms with Crippen molar-refractivity contribution in [3.05, 3.63) is 107 Å². The summed E-state index contributed by atoms with van der Waals surface area (Å²) in [6.07, 6.45) is 0. The van der Waals surface area contributed by atoms with E-state index >= 15 is 0 Å². The Balaban J connectivity index is 1.81. The topological polar surface area (TPSA) is 53.2 Å². The molecule has 4 rings (SSSR count). The zero-order valence-electron chi connectivity index (χ0n) is 16.3. The molecule has 0 aliphatic carbocycles. The number of hydrogen-bond donors (Lipinski definition) is 3. The molecule has 0 aromatic heterocycles. The molecule has 3 N–H and O–H groups in total. The number of thiocarbonyl (C=S) groups is 1. The van der Waals surface area contributed by atoms with Gasteiger partial charge in [-0.05, 0) is 54.5 Å². The largest absolute Gasteiger partial charge is 0.351 e. The molecule has 0 bridgehead atoms. The summed E-state index contributed by atoms with van der Waals surface area (Å²) in [5.74, 6) is -0.609. The molecule has 6 heteroatoms. The highest BCUT2D eigenvalue weighted by molar-refractivity contribution is 7.80. The number of hydrogen-bond acceptors (Lipinski definition) is 2. The molecule has 30 heavy (non-hydrogen) atoms. The van der Waals surface area contributed by atoms with Crippen LogP contribution in [0.3, 0.4) is 0 Å². The Bertz CT molecular complexity index is 1110. The zero-order valence-corrected chi connectivity index (χ0v) is 17.1. The third-order valence-corrected chi connectivity index (χ3v) is 5.11. The van der Waals surface area contributed by atoms with E-state index in [-0.39, 0.29) is 11.7 Å². The average molecular weight is 418 g/mol. The van der Waals surface area contributed by atoms with Crippen molar-refractivity contribution < 1.29 is 9.18 Å². The zero-order chi connectivity index (χ0) is 21.1. The standard InChI is InChI=1S/C24H20FN3OS/c1-15-7-13-19(14-8-15)26-23(29)20-21(16-5-3-2-4-6-16)27-24(30)28-22(20)17-9-11-18(25)12-10-17/h2-14,22H,1H3,(H,26,29)(H2,27,28,30). The van der Waals surface area contributed by atoms with E-state index in [0.717, 1.165) is 16.7 Å². The fourth-order valence-corrected chi connectivity index (χ4v) is 3.60. The summed E-state index contributed by atoms with van der Waals surface area (Å²) in [5.41, 5.74) is 4.47. The molecule has 1 atom stereocenters. The van der Waals surface area contributed by atoms with Gasteiger partial charge in [0.1, 0.15) is 5.82 Å². The van der Waals surface area contributed by atoms with Crippen molar-refractivity contribution >= 4 is 34.6 Å². The van der Waals surface area contributed by atoms with Crippen LogP contribution in [-0.4, -0.2) is 11.0 Å². The Morgan fingerprint density at radius 2 is 1.63 bits per heavy atom. The van der Waals surface area contributed by atoms with Gasteiger partial charge in [-0.25, -0.2) is 4.39 Å². The second kappa shape index (κ2) is 8.47. The van der Waals surface area contributed by atoms with Crippen LogP contribution in [0.2, 0.25) is 0 Å². The van der Waals surface area contributed by atoms with Crippen molar-refractivity contribution in [1.29, 1.82) is 0 Å². The molecule has 1 heterocycles. The van der Waals surface area contributed by atoms with E-state index in [1.807, 2.05) is 61.5 Å². The van der Waals surface area contributed by atoms with Gasteiger partial charge < -0.3 is 16.0 Å². The van der Waals surface area contributed by atoms with Crippen LogP contribution in [0, 0.1) is 12.7 Å². The van der Waals surface area contributed by atoms with E-state index in [4.69, 9.17) is 12.2 Å². The van der Waals surface area contributed by atoms with Gasteiger partial charge in [-0.1, -0.05) is 60.2 Å². The van der Waals surface area contributed by atoms with E-state index in [1.54, 1.807) is 12.1 Å². The molecule has 1 aliphatic heterocycles. The predicted molar refractivity (Wildman–Crippen MR) is 121 cm³/mol. The maximum absolute atomic E-state index is 13.5. The van der Waals surface area contributed by atoms with Gasteiger partial charge in [0.15, 0.2) is 5.11 Å². The van der Waals surface area contributed by atoms with Crippen LogP contribution >= 0.6 is 12.2 Å².